The first-order valence-corrected chi connectivity index (χ1v) is 12.5. The molecule has 3 aromatic rings. The highest BCUT2D eigenvalue weighted by atomic mass is 32.2. The van der Waals surface area contributed by atoms with Gasteiger partial charge < -0.3 is 5.32 Å². The van der Waals surface area contributed by atoms with Crippen LogP contribution >= 0.6 is 11.8 Å². The Bertz CT molecular complexity index is 1110. The molecule has 5 rings (SSSR count). The lowest BCUT2D eigenvalue weighted by atomic mass is 9.69. The number of thioether (sulfide) groups is 1. The van der Waals surface area contributed by atoms with Gasteiger partial charge in [-0.25, -0.2) is 4.98 Å². The minimum absolute atomic E-state index is 0.105. The van der Waals surface area contributed by atoms with Crippen molar-refractivity contribution in [2.24, 2.45) is 16.7 Å². The van der Waals surface area contributed by atoms with Gasteiger partial charge in [0.15, 0.2) is 5.16 Å². The monoisotopic (exact) mass is 445 g/mol. The van der Waals surface area contributed by atoms with Crippen LogP contribution in [0.5, 0.6) is 0 Å². The lowest BCUT2D eigenvalue weighted by Gasteiger charge is -2.39. The highest BCUT2D eigenvalue weighted by molar-refractivity contribution is 7.99. The van der Waals surface area contributed by atoms with Gasteiger partial charge in [0, 0.05) is 23.5 Å². The third-order valence-corrected chi connectivity index (χ3v) is 9.19. The number of rotatable bonds is 6. The molecule has 2 fully saturated rings. The highest BCUT2D eigenvalue weighted by Gasteiger charge is 2.61. The van der Waals surface area contributed by atoms with Gasteiger partial charge in [-0.1, -0.05) is 81.1 Å². The molecule has 2 aliphatic carbocycles. The lowest BCUT2D eigenvalue weighted by Crippen LogP contribution is -2.47. The first kappa shape index (κ1) is 21.3. The van der Waals surface area contributed by atoms with E-state index in [1.165, 1.54) is 24.6 Å². The van der Waals surface area contributed by atoms with Crippen LogP contribution in [-0.4, -0.2) is 27.3 Å². The van der Waals surface area contributed by atoms with Crippen molar-refractivity contribution in [3.8, 4) is 16.9 Å². The van der Waals surface area contributed by atoms with Gasteiger partial charge in [-0.2, -0.15) is 0 Å². The van der Waals surface area contributed by atoms with Gasteiger partial charge in [-0.15, -0.1) is 0 Å². The van der Waals surface area contributed by atoms with E-state index in [0.29, 0.717) is 11.2 Å². The third kappa shape index (κ3) is 3.57. The van der Waals surface area contributed by atoms with Gasteiger partial charge in [-0.3, -0.25) is 9.36 Å². The first-order valence-electron chi connectivity index (χ1n) is 11.5. The molecule has 3 unspecified atom stereocenters. The molecule has 3 atom stereocenters. The van der Waals surface area contributed by atoms with E-state index in [1.54, 1.807) is 0 Å². The van der Waals surface area contributed by atoms with Crippen LogP contribution in [0.1, 0.15) is 40.0 Å². The van der Waals surface area contributed by atoms with E-state index >= 15 is 0 Å². The van der Waals surface area contributed by atoms with Crippen LogP contribution in [0.15, 0.2) is 72.0 Å². The second-order valence-corrected chi connectivity index (χ2v) is 10.9. The number of aromatic nitrogens is 2. The predicted octanol–water partition coefficient (Wildman–Crippen LogP) is 5.96. The Morgan fingerprint density at radius 2 is 1.78 bits per heavy atom. The normalized spacial score (nSPS) is 25.7. The molecule has 5 heteroatoms. The largest absolute Gasteiger partial charge is 0.352 e. The maximum Gasteiger partial charge on any atom is 0.230 e. The van der Waals surface area contributed by atoms with Gasteiger partial charge >= 0.3 is 0 Å². The molecule has 1 N–H and O–H groups in total. The van der Waals surface area contributed by atoms with Crippen LogP contribution in [0.2, 0.25) is 0 Å². The average molecular weight is 446 g/mol. The fraction of sp³-hybridized carbons (Fsp3) is 0.407. The number of carbonyl (C=O) groups excluding carboxylic acids is 1. The number of fused-ring (bicyclic) bond motifs is 2. The molecule has 1 aromatic heterocycles. The smallest absolute Gasteiger partial charge is 0.230 e. The van der Waals surface area contributed by atoms with Crippen LogP contribution in [0.25, 0.3) is 16.9 Å². The van der Waals surface area contributed by atoms with Gasteiger partial charge in [0.25, 0.3) is 0 Å². The van der Waals surface area contributed by atoms with Crippen molar-refractivity contribution in [3.05, 3.63) is 66.9 Å². The Morgan fingerprint density at radius 1 is 1.09 bits per heavy atom. The summed E-state index contributed by atoms with van der Waals surface area (Å²) in [5, 5.41) is 4.22. The first-order chi connectivity index (χ1) is 15.4. The molecule has 1 heterocycles. The van der Waals surface area contributed by atoms with Crippen molar-refractivity contribution in [3.63, 3.8) is 0 Å². The van der Waals surface area contributed by atoms with Crippen LogP contribution < -0.4 is 5.32 Å². The topological polar surface area (TPSA) is 46.9 Å². The molecule has 0 saturated heterocycles. The van der Waals surface area contributed by atoms with Crippen LogP contribution in [0.4, 0.5) is 0 Å². The van der Waals surface area contributed by atoms with Crippen LogP contribution in [0, 0.1) is 16.7 Å². The van der Waals surface area contributed by atoms with E-state index in [2.05, 4.69) is 61.1 Å². The summed E-state index contributed by atoms with van der Waals surface area (Å²) in [5.41, 5.74) is 3.53. The summed E-state index contributed by atoms with van der Waals surface area (Å²) in [6, 6.07) is 20.7. The van der Waals surface area contributed by atoms with Gasteiger partial charge in [0.05, 0.1) is 11.4 Å². The number of imidazole rings is 1. The average Bonchev–Trinajstić information content (AvgIpc) is 3.39. The van der Waals surface area contributed by atoms with Gasteiger partial charge in [-0.05, 0) is 48.1 Å². The van der Waals surface area contributed by atoms with E-state index in [-0.39, 0.29) is 17.4 Å². The number of para-hydroxylation sites is 1. The Kier molecular flexibility index (Phi) is 5.40. The van der Waals surface area contributed by atoms with Crippen molar-refractivity contribution < 1.29 is 4.79 Å². The zero-order valence-electron chi connectivity index (χ0n) is 19.0. The summed E-state index contributed by atoms with van der Waals surface area (Å²) in [6.45, 7) is 7.13. The van der Waals surface area contributed by atoms with Crippen molar-refractivity contribution in [1.82, 2.24) is 14.9 Å². The Labute approximate surface area is 194 Å². The number of benzene rings is 2. The molecule has 1 amide bonds. The summed E-state index contributed by atoms with van der Waals surface area (Å²) in [5.74, 6) is 1.19. The second kappa shape index (κ2) is 8.11. The van der Waals surface area contributed by atoms with Crippen molar-refractivity contribution >= 4 is 17.7 Å². The summed E-state index contributed by atoms with van der Waals surface area (Å²) in [4.78, 5) is 17.8. The number of hydrogen-bond acceptors (Lipinski definition) is 3. The molecule has 32 heavy (non-hydrogen) atoms. The fourth-order valence-corrected chi connectivity index (χ4v) is 6.58. The third-order valence-electron chi connectivity index (χ3n) is 8.24. The van der Waals surface area contributed by atoms with Crippen molar-refractivity contribution in [2.75, 3.05) is 5.75 Å². The van der Waals surface area contributed by atoms with Crippen molar-refractivity contribution in [1.29, 1.82) is 0 Å². The summed E-state index contributed by atoms with van der Waals surface area (Å²) < 4.78 is 2.09. The minimum atomic E-state index is 0.105. The lowest BCUT2D eigenvalue weighted by molar-refractivity contribution is -0.120. The molecule has 4 nitrogen and oxygen atoms in total. The van der Waals surface area contributed by atoms with E-state index in [1.807, 2.05) is 36.4 Å². The molecule has 2 aromatic carbocycles. The molecular weight excluding hydrogens is 414 g/mol. The quantitative estimate of drug-likeness (QED) is 0.476. The number of carbonyl (C=O) groups is 1. The van der Waals surface area contributed by atoms with E-state index in [0.717, 1.165) is 34.4 Å². The van der Waals surface area contributed by atoms with Gasteiger partial charge in [0.1, 0.15) is 0 Å². The molecule has 0 spiro atoms. The molecule has 166 valence electrons. The van der Waals surface area contributed by atoms with E-state index in [4.69, 9.17) is 4.98 Å². The van der Waals surface area contributed by atoms with E-state index in [9.17, 15) is 4.79 Å². The Balaban J connectivity index is 1.33. The second-order valence-electron chi connectivity index (χ2n) is 10.00. The highest BCUT2D eigenvalue weighted by Crippen LogP contribution is 2.65. The van der Waals surface area contributed by atoms with E-state index < -0.39 is 0 Å². The maximum atomic E-state index is 13.0. The molecule has 2 bridgehead atoms. The van der Waals surface area contributed by atoms with Crippen LogP contribution in [0.3, 0.4) is 0 Å². The molecule has 0 aliphatic heterocycles. The predicted molar refractivity (Wildman–Crippen MR) is 131 cm³/mol. The number of amides is 1. The Morgan fingerprint density at radius 3 is 2.41 bits per heavy atom. The Hall–Kier alpha value is -2.53. The molecule has 0 radical (unpaired) electrons. The van der Waals surface area contributed by atoms with Gasteiger partial charge in [0.2, 0.25) is 5.91 Å². The summed E-state index contributed by atoms with van der Waals surface area (Å²) in [6.07, 6.45) is 5.67. The van der Waals surface area contributed by atoms with Crippen molar-refractivity contribution in [2.45, 2.75) is 51.2 Å². The maximum absolute atomic E-state index is 13.0. The number of nitrogens with zero attached hydrogens (tertiary/aromatic N) is 2. The number of nitrogens with one attached hydrogen (secondary N) is 1. The minimum Gasteiger partial charge on any atom is -0.352 e. The SMILES string of the molecule is CC1(C)C2CCC1(C)C(NC(=O)CSc1nc(-c3ccccc3)cn1-c1ccccc1)C2. The zero-order valence-corrected chi connectivity index (χ0v) is 19.9. The van der Waals surface area contributed by atoms with Crippen LogP contribution in [-0.2, 0) is 4.79 Å². The number of hydrogen-bond donors (Lipinski definition) is 1. The standard InChI is InChI=1S/C27H31N3OS/c1-26(2)20-14-15-27(26,3)23(16-20)29-24(31)18-32-25-28-22(19-10-6-4-7-11-19)17-30(25)21-12-8-5-9-13-21/h4-13,17,20,23H,14-16,18H2,1-3H3,(H,29,31). The molecule has 2 aliphatic rings. The molecule has 2 saturated carbocycles. The molecular formula is C27H31N3OS. The summed E-state index contributed by atoms with van der Waals surface area (Å²) in [7, 11) is 0. The zero-order chi connectivity index (χ0) is 22.3. The summed E-state index contributed by atoms with van der Waals surface area (Å²) >= 11 is 1.51. The fourth-order valence-electron chi connectivity index (χ4n) is 5.77.